The first-order valence-electron chi connectivity index (χ1n) is 4.62. The van der Waals surface area contributed by atoms with Crippen LogP contribution < -0.4 is 0 Å². The molecule has 0 aromatic carbocycles. The highest BCUT2D eigenvalue weighted by molar-refractivity contribution is 7.91. The van der Waals surface area contributed by atoms with E-state index in [-0.39, 0.29) is 0 Å². The molecule has 1 heterocycles. The van der Waals surface area contributed by atoms with Crippen LogP contribution in [0.1, 0.15) is 13.3 Å². The lowest BCUT2D eigenvalue weighted by molar-refractivity contribution is 0.177. The molecular weight excluding hydrogens is 234 g/mol. The predicted molar refractivity (Wildman–Crippen MR) is 60.4 cm³/mol. The Labute approximate surface area is 94.2 Å². The van der Waals surface area contributed by atoms with Gasteiger partial charge in [-0.25, -0.2) is 12.7 Å². The Morgan fingerprint density at radius 1 is 1.60 bits per heavy atom. The van der Waals surface area contributed by atoms with E-state index in [0.29, 0.717) is 17.2 Å². The Bertz CT molecular complexity index is 383. The van der Waals surface area contributed by atoms with Gasteiger partial charge >= 0.3 is 0 Å². The summed E-state index contributed by atoms with van der Waals surface area (Å²) in [5.41, 5.74) is 0. The Morgan fingerprint density at radius 3 is 2.73 bits per heavy atom. The zero-order chi connectivity index (χ0) is 11.5. The van der Waals surface area contributed by atoms with Crippen LogP contribution in [0.4, 0.5) is 0 Å². The van der Waals surface area contributed by atoms with Crippen molar-refractivity contribution in [1.29, 1.82) is 0 Å². The third kappa shape index (κ3) is 3.27. The molecule has 15 heavy (non-hydrogen) atoms. The molecule has 0 aliphatic heterocycles. The molecule has 1 aromatic rings. The average molecular weight is 249 g/mol. The zero-order valence-corrected chi connectivity index (χ0v) is 10.4. The van der Waals surface area contributed by atoms with Gasteiger partial charge in [0.25, 0.3) is 10.0 Å². The maximum atomic E-state index is 11.9. The van der Waals surface area contributed by atoms with Gasteiger partial charge in [0, 0.05) is 13.6 Å². The second-order valence-electron chi connectivity index (χ2n) is 3.40. The summed E-state index contributed by atoms with van der Waals surface area (Å²) in [4.78, 5) is 0. The lowest BCUT2D eigenvalue weighted by Gasteiger charge is -2.16. The molecule has 0 aliphatic rings. The van der Waals surface area contributed by atoms with Crippen LogP contribution in [0.15, 0.2) is 21.7 Å². The number of sulfonamides is 1. The Hall–Kier alpha value is -0.430. The summed E-state index contributed by atoms with van der Waals surface area (Å²) in [5.74, 6) is 0. The highest BCUT2D eigenvalue weighted by Gasteiger charge is 2.21. The molecule has 0 spiro atoms. The van der Waals surface area contributed by atoms with Gasteiger partial charge in [0.1, 0.15) is 4.21 Å². The zero-order valence-electron chi connectivity index (χ0n) is 8.75. The second kappa shape index (κ2) is 5.07. The van der Waals surface area contributed by atoms with Crippen molar-refractivity contribution >= 4 is 21.4 Å². The number of aliphatic hydroxyl groups excluding tert-OH is 1. The minimum atomic E-state index is -3.35. The molecule has 1 N–H and O–H groups in total. The fraction of sp³-hybridized carbons (Fsp3) is 0.556. The van der Waals surface area contributed by atoms with Crippen LogP contribution in [0.5, 0.6) is 0 Å². The molecule has 86 valence electrons. The maximum absolute atomic E-state index is 11.9. The van der Waals surface area contributed by atoms with E-state index in [0.717, 1.165) is 0 Å². The lowest BCUT2D eigenvalue weighted by atomic mass is 10.3. The van der Waals surface area contributed by atoms with E-state index >= 15 is 0 Å². The molecule has 0 aliphatic carbocycles. The van der Waals surface area contributed by atoms with Crippen molar-refractivity contribution in [2.75, 3.05) is 13.6 Å². The molecule has 6 heteroatoms. The summed E-state index contributed by atoms with van der Waals surface area (Å²) < 4.78 is 25.3. The molecule has 0 bridgehead atoms. The van der Waals surface area contributed by atoms with Gasteiger partial charge < -0.3 is 5.11 Å². The molecular formula is C9H15NO3S2. The second-order valence-corrected chi connectivity index (χ2v) is 6.62. The molecule has 1 aromatic heterocycles. The van der Waals surface area contributed by atoms with Crippen molar-refractivity contribution in [1.82, 2.24) is 4.31 Å². The standard InChI is InChI=1S/C9H15NO3S2/c1-8(11)5-6-10(2)15(12,13)9-4-3-7-14-9/h3-4,7-8,11H,5-6H2,1-2H3. The van der Waals surface area contributed by atoms with Gasteiger partial charge in [-0.2, -0.15) is 0 Å². The monoisotopic (exact) mass is 249 g/mol. The molecule has 1 rings (SSSR count). The topological polar surface area (TPSA) is 57.6 Å². The smallest absolute Gasteiger partial charge is 0.252 e. The number of rotatable bonds is 5. The van der Waals surface area contributed by atoms with Gasteiger partial charge in [-0.05, 0) is 24.8 Å². The summed E-state index contributed by atoms with van der Waals surface area (Å²) in [6.07, 6.45) is -0.0350. The Balaban J connectivity index is 2.71. The summed E-state index contributed by atoms with van der Waals surface area (Å²) in [5, 5.41) is 10.8. The minimum Gasteiger partial charge on any atom is -0.393 e. The molecule has 0 amide bonds. The summed E-state index contributed by atoms with van der Waals surface area (Å²) in [6, 6.07) is 3.29. The van der Waals surface area contributed by atoms with E-state index in [4.69, 9.17) is 5.11 Å². The fourth-order valence-corrected chi connectivity index (χ4v) is 3.44. The van der Waals surface area contributed by atoms with E-state index in [1.54, 1.807) is 24.4 Å². The highest BCUT2D eigenvalue weighted by Crippen LogP contribution is 2.19. The largest absolute Gasteiger partial charge is 0.393 e. The van der Waals surface area contributed by atoms with Crippen LogP contribution in [0.25, 0.3) is 0 Å². The Morgan fingerprint density at radius 2 is 2.27 bits per heavy atom. The van der Waals surface area contributed by atoms with Crippen molar-refractivity contribution in [3.8, 4) is 0 Å². The van der Waals surface area contributed by atoms with E-state index in [9.17, 15) is 8.42 Å². The van der Waals surface area contributed by atoms with E-state index in [1.807, 2.05) is 0 Å². The Kier molecular flexibility index (Phi) is 4.27. The summed E-state index contributed by atoms with van der Waals surface area (Å²) in [7, 11) is -1.83. The summed E-state index contributed by atoms with van der Waals surface area (Å²) >= 11 is 1.20. The molecule has 0 saturated heterocycles. The fourth-order valence-electron chi connectivity index (χ4n) is 1.05. The van der Waals surface area contributed by atoms with E-state index in [2.05, 4.69) is 0 Å². The first-order valence-corrected chi connectivity index (χ1v) is 6.94. The van der Waals surface area contributed by atoms with Gasteiger partial charge in [-0.1, -0.05) is 6.07 Å². The number of hydrogen-bond donors (Lipinski definition) is 1. The maximum Gasteiger partial charge on any atom is 0.252 e. The SMILES string of the molecule is CC(O)CCN(C)S(=O)(=O)c1cccs1. The van der Waals surface area contributed by atoms with E-state index in [1.165, 1.54) is 22.7 Å². The number of hydrogen-bond acceptors (Lipinski definition) is 4. The number of aliphatic hydroxyl groups is 1. The van der Waals surface area contributed by atoms with Crippen molar-refractivity contribution in [2.45, 2.75) is 23.7 Å². The molecule has 0 saturated carbocycles. The van der Waals surface area contributed by atoms with Crippen LogP contribution in [-0.2, 0) is 10.0 Å². The van der Waals surface area contributed by atoms with Gasteiger partial charge in [0.2, 0.25) is 0 Å². The number of nitrogens with zero attached hydrogens (tertiary/aromatic N) is 1. The molecule has 4 nitrogen and oxygen atoms in total. The van der Waals surface area contributed by atoms with Gasteiger partial charge in [-0.15, -0.1) is 11.3 Å². The van der Waals surface area contributed by atoms with Crippen LogP contribution in [-0.4, -0.2) is 37.5 Å². The quantitative estimate of drug-likeness (QED) is 0.851. The van der Waals surface area contributed by atoms with Crippen LogP contribution in [0, 0.1) is 0 Å². The lowest BCUT2D eigenvalue weighted by Crippen LogP contribution is -2.29. The van der Waals surface area contributed by atoms with Gasteiger partial charge in [0.05, 0.1) is 6.10 Å². The van der Waals surface area contributed by atoms with Crippen molar-refractivity contribution < 1.29 is 13.5 Å². The molecule has 1 atom stereocenters. The normalized spacial score (nSPS) is 14.4. The van der Waals surface area contributed by atoms with Crippen LogP contribution in [0.3, 0.4) is 0 Å². The van der Waals surface area contributed by atoms with Gasteiger partial charge in [0.15, 0.2) is 0 Å². The summed E-state index contributed by atoms with van der Waals surface area (Å²) in [6.45, 7) is 1.98. The third-order valence-electron chi connectivity index (χ3n) is 2.02. The average Bonchev–Trinajstić information content (AvgIpc) is 2.66. The minimum absolute atomic E-state index is 0.331. The first kappa shape index (κ1) is 12.6. The van der Waals surface area contributed by atoms with Crippen LogP contribution in [0.2, 0.25) is 0 Å². The van der Waals surface area contributed by atoms with E-state index < -0.39 is 16.1 Å². The molecule has 0 radical (unpaired) electrons. The van der Waals surface area contributed by atoms with Gasteiger partial charge in [-0.3, -0.25) is 0 Å². The highest BCUT2D eigenvalue weighted by atomic mass is 32.2. The predicted octanol–water partition coefficient (Wildman–Crippen LogP) is 1.14. The third-order valence-corrected chi connectivity index (χ3v) is 5.25. The number of thiophene rings is 1. The first-order chi connectivity index (χ1) is 6.94. The van der Waals surface area contributed by atoms with Crippen LogP contribution >= 0.6 is 11.3 Å². The van der Waals surface area contributed by atoms with Crippen molar-refractivity contribution in [3.63, 3.8) is 0 Å². The molecule has 1 unspecified atom stereocenters. The molecule has 0 fully saturated rings. The van der Waals surface area contributed by atoms with Crippen molar-refractivity contribution in [3.05, 3.63) is 17.5 Å². The van der Waals surface area contributed by atoms with Crippen molar-refractivity contribution in [2.24, 2.45) is 0 Å².